The minimum absolute atomic E-state index is 0.333. The van der Waals surface area contributed by atoms with Gasteiger partial charge in [-0.15, -0.1) is 0 Å². The zero-order valence-corrected chi connectivity index (χ0v) is 12.4. The second-order valence-electron chi connectivity index (χ2n) is 5.64. The highest BCUT2D eigenvalue weighted by molar-refractivity contribution is 7.07. The van der Waals surface area contributed by atoms with Crippen LogP contribution in [0.1, 0.15) is 32.8 Å². The molecular weight excluding hydrogens is 228 g/mol. The van der Waals surface area contributed by atoms with Crippen molar-refractivity contribution in [3.05, 3.63) is 22.4 Å². The summed E-state index contributed by atoms with van der Waals surface area (Å²) >= 11 is 1.78. The minimum Gasteiger partial charge on any atom is -0.316 e. The number of hydrogen-bond acceptors (Lipinski definition) is 3. The molecule has 0 aromatic carbocycles. The van der Waals surface area contributed by atoms with Crippen molar-refractivity contribution in [1.82, 2.24) is 10.2 Å². The number of thiophene rings is 1. The Morgan fingerprint density at radius 2 is 2.18 bits per heavy atom. The van der Waals surface area contributed by atoms with Gasteiger partial charge in [-0.2, -0.15) is 11.3 Å². The van der Waals surface area contributed by atoms with Crippen LogP contribution < -0.4 is 5.32 Å². The van der Waals surface area contributed by atoms with Gasteiger partial charge in [-0.05, 0) is 47.8 Å². The van der Waals surface area contributed by atoms with Crippen molar-refractivity contribution in [3.8, 4) is 0 Å². The van der Waals surface area contributed by atoms with Crippen molar-refractivity contribution in [2.45, 2.75) is 33.7 Å². The molecule has 0 spiro atoms. The summed E-state index contributed by atoms with van der Waals surface area (Å²) in [6.07, 6.45) is 1.21. The van der Waals surface area contributed by atoms with Crippen LogP contribution in [0, 0.1) is 5.41 Å². The van der Waals surface area contributed by atoms with Crippen LogP contribution >= 0.6 is 11.3 Å². The maximum Gasteiger partial charge on any atom is 0.0239 e. The molecule has 0 aliphatic carbocycles. The Bertz CT molecular complexity index is 293. The highest BCUT2D eigenvalue weighted by Crippen LogP contribution is 2.17. The molecule has 0 bridgehead atoms. The lowest BCUT2D eigenvalue weighted by Crippen LogP contribution is -2.38. The molecule has 17 heavy (non-hydrogen) atoms. The molecule has 0 saturated carbocycles. The van der Waals surface area contributed by atoms with Gasteiger partial charge in [0.05, 0.1) is 0 Å². The van der Waals surface area contributed by atoms with E-state index in [0.717, 1.165) is 26.2 Å². The first-order valence-electron chi connectivity index (χ1n) is 6.44. The summed E-state index contributed by atoms with van der Waals surface area (Å²) < 4.78 is 0. The van der Waals surface area contributed by atoms with E-state index in [0.29, 0.717) is 5.41 Å². The third-order valence-electron chi connectivity index (χ3n) is 2.76. The van der Waals surface area contributed by atoms with Crippen LogP contribution in [0.3, 0.4) is 0 Å². The molecule has 0 saturated heterocycles. The summed E-state index contributed by atoms with van der Waals surface area (Å²) in [7, 11) is 2.21. The number of hydrogen-bond donors (Lipinski definition) is 1. The highest BCUT2D eigenvalue weighted by atomic mass is 32.1. The summed E-state index contributed by atoms with van der Waals surface area (Å²) in [4.78, 5) is 2.41. The monoisotopic (exact) mass is 254 g/mol. The maximum absolute atomic E-state index is 3.51. The van der Waals surface area contributed by atoms with E-state index < -0.39 is 0 Å². The lowest BCUT2D eigenvalue weighted by atomic mass is 9.92. The van der Waals surface area contributed by atoms with Gasteiger partial charge in [0.15, 0.2) is 0 Å². The highest BCUT2D eigenvalue weighted by Gasteiger charge is 2.19. The van der Waals surface area contributed by atoms with Gasteiger partial charge in [0.1, 0.15) is 0 Å². The van der Waals surface area contributed by atoms with Gasteiger partial charge in [0, 0.05) is 19.6 Å². The molecule has 0 unspecified atom stereocenters. The van der Waals surface area contributed by atoms with E-state index in [1.165, 1.54) is 12.0 Å². The average Bonchev–Trinajstić information content (AvgIpc) is 2.69. The summed E-state index contributed by atoms with van der Waals surface area (Å²) in [5, 5.41) is 7.90. The standard InChI is InChI=1S/C14H26N2S/c1-5-7-15-11-14(2,3)12-16(4)9-13-6-8-17-10-13/h6,8,10,15H,5,7,9,11-12H2,1-4H3. The largest absolute Gasteiger partial charge is 0.316 e. The molecule has 1 heterocycles. The lowest BCUT2D eigenvalue weighted by molar-refractivity contribution is 0.199. The van der Waals surface area contributed by atoms with Gasteiger partial charge in [-0.3, -0.25) is 0 Å². The molecule has 0 atom stereocenters. The van der Waals surface area contributed by atoms with Crippen molar-refractivity contribution in [1.29, 1.82) is 0 Å². The summed E-state index contributed by atoms with van der Waals surface area (Å²) in [5.41, 5.74) is 1.76. The fraction of sp³-hybridized carbons (Fsp3) is 0.714. The quantitative estimate of drug-likeness (QED) is 0.717. The van der Waals surface area contributed by atoms with Gasteiger partial charge < -0.3 is 10.2 Å². The summed E-state index contributed by atoms with van der Waals surface area (Å²) in [5.74, 6) is 0. The molecule has 1 N–H and O–H groups in total. The predicted molar refractivity (Wildman–Crippen MR) is 77.6 cm³/mol. The Kier molecular flexibility index (Phi) is 6.17. The second-order valence-corrected chi connectivity index (χ2v) is 6.42. The topological polar surface area (TPSA) is 15.3 Å². The maximum atomic E-state index is 3.51. The van der Waals surface area contributed by atoms with Gasteiger partial charge in [-0.1, -0.05) is 20.8 Å². The van der Waals surface area contributed by atoms with Gasteiger partial charge in [0.25, 0.3) is 0 Å². The zero-order chi connectivity index (χ0) is 12.7. The molecule has 2 nitrogen and oxygen atoms in total. The van der Waals surface area contributed by atoms with Crippen LogP contribution in [0.4, 0.5) is 0 Å². The molecule has 0 aliphatic rings. The molecule has 98 valence electrons. The number of nitrogens with zero attached hydrogens (tertiary/aromatic N) is 1. The van der Waals surface area contributed by atoms with E-state index in [-0.39, 0.29) is 0 Å². The third kappa shape index (κ3) is 6.20. The van der Waals surface area contributed by atoms with Gasteiger partial charge in [-0.25, -0.2) is 0 Å². The summed E-state index contributed by atoms with van der Waals surface area (Å²) in [6, 6.07) is 2.21. The fourth-order valence-electron chi connectivity index (χ4n) is 2.14. The predicted octanol–water partition coefficient (Wildman–Crippen LogP) is 3.21. The van der Waals surface area contributed by atoms with Crippen LogP contribution in [0.5, 0.6) is 0 Å². The SMILES string of the molecule is CCCNCC(C)(C)CN(C)Cc1ccsc1. The van der Waals surface area contributed by atoms with Crippen molar-refractivity contribution < 1.29 is 0 Å². The fourth-order valence-corrected chi connectivity index (χ4v) is 2.80. The number of rotatable bonds is 8. The van der Waals surface area contributed by atoms with Crippen molar-refractivity contribution in [3.63, 3.8) is 0 Å². The molecule has 1 aromatic heterocycles. The van der Waals surface area contributed by atoms with E-state index in [1.807, 2.05) is 0 Å². The molecule has 3 heteroatoms. The first-order chi connectivity index (χ1) is 8.03. The Balaban J connectivity index is 2.30. The molecular formula is C14H26N2S. The van der Waals surface area contributed by atoms with E-state index in [2.05, 4.69) is 54.9 Å². The Hall–Kier alpha value is -0.380. The Morgan fingerprint density at radius 3 is 2.76 bits per heavy atom. The average molecular weight is 254 g/mol. The van der Waals surface area contributed by atoms with Crippen molar-refractivity contribution in [2.24, 2.45) is 5.41 Å². The second kappa shape index (κ2) is 7.14. The molecule has 0 amide bonds. The van der Waals surface area contributed by atoms with Crippen molar-refractivity contribution in [2.75, 3.05) is 26.7 Å². The Labute approximate surface area is 110 Å². The van der Waals surface area contributed by atoms with Gasteiger partial charge in [0.2, 0.25) is 0 Å². The molecule has 0 fully saturated rings. The normalized spacial score (nSPS) is 12.3. The van der Waals surface area contributed by atoms with Crippen LogP contribution in [-0.4, -0.2) is 31.6 Å². The van der Waals surface area contributed by atoms with E-state index in [9.17, 15) is 0 Å². The summed E-state index contributed by atoms with van der Waals surface area (Å²) in [6.45, 7) is 11.3. The zero-order valence-electron chi connectivity index (χ0n) is 11.6. The molecule has 1 aromatic rings. The van der Waals surface area contributed by atoms with Crippen LogP contribution in [0.15, 0.2) is 16.8 Å². The third-order valence-corrected chi connectivity index (χ3v) is 3.49. The van der Waals surface area contributed by atoms with Crippen LogP contribution in [0.2, 0.25) is 0 Å². The first-order valence-corrected chi connectivity index (χ1v) is 7.38. The molecule has 0 radical (unpaired) electrons. The van der Waals surface area contributed by atoms with Gasteiger partial charge >= 0.3 is 0 Å². The van der Waals surface area contributed by atoms with E-state index >= 15 is 0 Å². The molecule has 1 rings (SSSR count). The minimum atomic E-state index is 0.333. The van der Waals surface area contributed by atoms with E-state index in [4.69, 9.17) is 0 Å². The van der Waals surface area contributed by atoms with Crippen LogP contribution in [0.25, 0.3) is 0 Å². The van der Waals surface area contributed by atoms with E-state index in [1.54, 1.807) is 11.3 Å². The van der Waals surface area contributed by atoms with Crippen LogP contribution in [-0.2, 0) is 6.54 Å². The first kappa shape index (κ1) is 14.7. The lowest BCUT2D eigenvalue weighted by Gasteiger charge is -2.30. The Morgan fingerprint density at radius 1 is 1.41 bits per heavy atom. The van der Waals surface area contributed by atoms with Crippen molar-refractivity contribution >= 4 is 11.3 Å². The smallest absolute Gasteiger partial charge is 0.0239 e. The molecule has 0 aliphatic heterocycles. The number of nitrogens with one attached hydrogen (secondary N) is 1.